The number of hydrogen-bond acceptors (Lipinski definition) is 5. The number of benzene rings is 1. The summed E-state index contributed by atoms with van der Waals surface area (Å²) < 4.78 is 0. The Morgan fingerprint density at radius 2 is 1.82 bits per heavy atom. The summed E-state index contributed by atoms with van der Waals surface area (Å²) in [4.78, 5) is 48.1. The molecule has 1 aromatic carbocycles. The van der Waals surface area contributed by atoms with Crippen molar-refractivity contribution in [1.82, 2.24) is 10.2 Å². The van der Waals surface area contributed by atoms with Crippen LogP contribution in [-0.4, -0.2) is 39.7 Å². The smallest absolute Gasteiger partial charge is 0.266 e. The van der Waals surface area contributed by atoms with Gasteiger partial charge >= 0.3 is 0 Å². The summed E-state index contributed by atoms with van der Waals surface area (Å²) in [5, 5.41) is 11.8. The molecule has 2 aliphatic rings. The van der Waals surface area contributed by atoms with Gasteiger partial charge in [0.25, 0.3) is 11.8 Å². The maximum absolute atomic E-state index is 12.2. The van der Waals surface area contributed by atoms with Gasteiger partial charge in [0, 0.05) is 6.42 Å². The first-order valence-corrected chi connectivity index (χ1v) is 7.04. The van der Waals surface area contributed by atoms with Crippen molar-refractivity contribution in [3.8, 4) is 5.75 Å². The number of phenolic OH excluding ortho intramolecular Hbond substituents is 1. The van der Waals surface area contributed by atoms with E-state index in [4.69, 9.17) is 0 Å². The number of fused-ring (bicyclic) bond motifs is 1. The number of carbonyl (C=O) groups is 4. The third-order valence-corrected chi connectivity index (χ3v) is 3.45. The molecule has 1 atom stereocenters. The Bertz CT molecular complexity index is 668. The van der Waals surface area contributed by atoms with Gasteiger partial charge in [-0.2, -0.15) is 0 Å². The highest BCUT2D eigenvalue weighted by Crippen LogP contribution is 2.32. The number of rotatable bonds is 1. The molecule has 2 aliphatic heterocycles. The van der Waals surface area contributed by atoms with Crippen molar-refractivity contribution >= 4 is 23.6 Å². The van der Waals surface area contributed by atoms with E-state index in [9.17, 15) is 24.3 Å². The van der Waals surface area contributed by atoms with E-state index in [0.29, 0.717) is 0 Å². The van der Waals surface area contributed by atoms with Crippen LogP contribution in [0.5, 0.6) is 5.75 Å². The van der Waals surface area contributed by atoms with Crippen molar-refractivity contribution in [3.05, 3.63) is 29.3 Å². The molecule has 2 N–H and O–H groups in total. The number of nitrogens with zero attached hydrogens (tertiary/aromatic N) is 1. The molecular formula is C15H16N2O5. The number of phenols is 1. The fourth-order valence-corrected chi connectivity index (χ4v) is 2.50. The molecule has 0 bridgehead atoms. The molecule has 1 fully saturated rings. The van der Waals surface area contributed by atoms with Gasteiger partial charge in [-0.05, 0) is 18.6 Å². The molecule has 7 nitrogen and oxygen atoms in total. The molecule has 1 unspecified atom stereocenters. The molecule has 1 saturated heterocycles. The van der Waals surface area contributed by atoms with Gasteiger partial charge in [0.05, 0.1) is 11.1 Å². The maximum atomic E-state index is 12.2. The van der Waals surface area contributed by atoms with Crippen LogP contribution in [0.25, 0.3) is 0 Å². The molecule has 116 valence electrons. The minimum atomic E-state index is -1.01. The molecule has 7 heteroatoms. The van der Waals surface area contributed by atoms with Gasteiger partial charge in [-0.15, -0.1) is 0 Å². The van der Waals surface area contributed by atoms with E-state index in [2.05, 4.69) is 5.32 Å². The lowest BCUT2D eigenvalue weighted by Gasteiger charge is -2.27. The third kappa shape index (κ3) is 2.34. The summed E-state index contributed by atoms with van der Waals surface area (Å²) >= 11 is 0. The van der Waals surface area contributed by atoms with Crippen LogP contribution < -0.4 is 5.32 Å². The Balaban J connectivity index is 0.000000847. The van der Waals surface area contributed by atoms with Crippen LogP contribution in [0.4, 0.5) is 0 Å². The summed E-state index contributed by atoms with van der Waals surface area (Å²) in [6, 6.07) is 3.16. The van der Waals surface area contributed by atoms with Crippen LogP contribution in [0.15, 0.2) is 18.2 Å². The van der Waals surface area contributed by atoms with Crippen molar-refractivity contribution in [2.45, 2.75) is 32.7 Å². The normalized spacial score (nSPS) is 20.3. The van der Waals surface area contributed by atoms with Crippen molar-refractivity contribution in [2.24, 2.45) is 0 Å². The largest absolute Gasteiger partial charge is 0.507 e. The molecule has 3 rings (SSSR count). The first kappa shape index (κ1) is 15.7. The van der Waals surface area contributed by atoms with E-state index < -0.39 is 29.7 Å². The van der Waals surface area contributed by atoms with Crippen molar-refractivity contribution in [1.29, 1.82) is 0 Å². The zero-order chi connectivity index (χ0) is 16.4. The number of aromatic hydroxyl groups is 1. The summed E-state index contributed by atoms with van der Waals surface area (Å²) in [6.45, 7) is 4.00. The Kier molecular flexibility index (Phi) is 4.25. The standard InChI is InChI=1S/C13H10N2O5.C2H6/c16-8-3-1-2-6-10(8)13(20)15(12(6)19)7-4-5-9(17)14-11(7)18;1-2/h1-3,7,16H,4-5H2,(H,14,17,18);1-2H3. The summed E-state index contributed by atoms with van der Waals surface area (Å²) in [5.41, 5.74) is -0.0260. The quantitative estimate of drug-likeness (QED) is 0.748. The van der Waals surface area contributed by atoms with Crippen molar-refractivity contribution < 1.29 is 24.3 Å². The number of carbonyl (C=O) groups excluding carboxylic acids is 4. The molecule has 1 aromatic rings. The minimum Gasteiger partial charge on any atom is -0.507 e. The molecule has 0 saturated carbocycles. The molecule has 0 aromatic heterocycles. The average Bonchev–Trinajstić information content (AvgIpc) is 2.75. The van der Waals surface area contributed by atoms with Crippen molar-refractivity contribution in [3.63, 3.8) is 0 Å². The molecule has 4 amide bonds. The monoisotopic (exact) mass is 304 g/mol. The fourth-order valence-electron chi connectivity index (χ4n) is 2.50. The molecule has 0 radical (unpaired) electrons. The van der Waals surface area contributed by atoms with E-state index in [1.807, 2.05) is 13.8 Å². The van der Waals surface area contributed by atoms with E-state index in [0.717, 1.165) is 4.90 Å². The first-order chi connectivity index (χ1) is 10.5. The lowest BCUT2D eigenvalue weighted by Crippen LogP contribution is -2.54. The van der Waals surface area contributed by atoms with Crippen LogP contribution in [0.2, 0.25) is 0 Å². The van der Waals surface area contributed by atoms with Gasteiger partial charge in [-0.25, -0.2) is 0 Å². The first-order valence-electron chi connectivity index (χ1n) is 7.04. The average molecular weight is 304 g/mol. The highest BCUT2D eigenvalue weighted by Gasteiger charge is 2.45. The van der Waals surface area contributed by atoms with Crippen LogP contribution in [-0.2, 0) is 9.59 Å². The second-order valence-corrected chi connectivity index (χ2v) is 4.65. The topological polar surface area (TPSA) is 104 Å². The van der Waals surface area contributed by atoms with E-state index in [-0.39, 0.29) is 29.7 Å². The van der Waals surface area contributed by atoms with Gasteiger partial charge < -0.3 is 5.11 Å². The van der Waals surface area contributed by atoms with Crippen LogP contribution in [0, 0.1) is 0 Å². The second-order valence-electron chi connectivity index (χ2n) is 4.65. The number of nitrogens with one attached hydrogen (secondary N) is 1. The highest BCUT2D eigenvalue weighted by atomic mass is 16.3. The number of piperidine rings is 1. The number of amides is 4. The Labute approximate surface area is 126 Å². The van der Waals surface area contributed by atoms with Crippen LogP contribution >= 0.6 is 0 Å². The second kappa shape index (κ2) is 5.97. The van der Waals surface area contributed by atoms with Gasteiger partial charge in [0.2, 0.25) is 11.8 Å². The van der Waals surface area contributed by atoms with E-state index >= 15 is 0 Å². The predicted molar refractivity (Wildman–Crippen MR) is 76.1 cm³/mol. The highest BCUT2D eigenvalue weighted by molar-refractivity contribution is 6.24. The lowest BCUT2D eigenvalue weighted by molar-refractivity contribution is -0.136. The van der Waals surface area contributed by atoms with Gasteiger partial charge in [-0.1, -0.05) is 19.9 Å². The summed E-state index contributed by atoms with van der Waals surface area (Å²) in [6.07, 6.45) is 0.159. The number of imide groups is 2. The molecule has 0 spiro atoms. The fraction of sp³-hybridized carbons (Fsp3) is 0.333. The molecular weight excluding hydrogens is 288 g/mol. The summed E-state index contributed by atoms with van der Waals surface area (Å²) in [5.74, 6) is -2.73. The van der Waals surface area contributed by atoms with Crippen molar-refractivity contribution in [2.75, 3.05) is 0 Å². The number of hydrogen-bond donors (Lipinski definition) is 2. The third-order valence-electron chi connectivity index (χ3n) is 3.45. The summed E-state index contributed by atoms with van der Waals surface area (Å²) in [7, 11) is 0. The zero-order valence-corrected chi connectivity index (χ0v) is 12.3. The Hall–Kier alpha value is -2.70. The van der Waals surface area contributed by atoms with E-state index in [1.54, 1.807) is 0 Å². The Morgan fingerprint density at radius 1 is 1.14 bits per heavy atom. The molecule has 0 aliphatic carbocycles. The maximum Gasteiger partial charge on any atom is 0.266 e. The van der Waals surface area contributed by atoms with Gasteiger partial charge in [0.1, 0.15) is 11.8 Å². The predicted octanol–water partition coefficient (Wildman–Crippen LogP) is 0.820. The Morgan fingerprint density at radius 3 is 2.41 bits per heavy atom. The minimum absolute atomic E-state index is 0.0653. The lowest BCUT2D eigenvalue weighted by atomic mass is 10.0. The van der Waals surface area contributed by atoms with Gasteiger partial charge in [-0.3, -0.25) is 29.4 Å². The zero-order valence-electron chi connectivity index (χ0n) is 12.3. The van der Waals surface area contributed by atoms with E-state index in [1.165, 1.54) is 18.2 Å². The molecule has 2 heterocycles. The van der Waals surface area contributed by atoms with Gasteiger partial charge in [0.15, 0.2) is 0 Å². The molecule has 22 heavy (non-hydrogen) atoms. The van der Waals surface area contributed by atoms with Crippen LogP contribution in [0.1, 0.15) is 47.4 Å². The SMILES string of the molecule is CC.O=C1CCC(N2C(=O)c3cccc(O)c3C2=O)C(=O)N1. The van der Waals surface area contributed by atoms with Crippen LogP contribution in [0.3, 0.4) is 0 Å².